The highest BCUT2D eigenvalue weighted by Crippen LogP contribution is 2.23. The molecule has 0 aromatic heterocycles. The number of esters is 1. The maximum absolute atomic E-state index is 12.1. The molecule has 2 rings (SSSR count). The van der Waals surface area contributed by atoms with Crippen molar-refractivity contribution in [2.45, 2.75) is 13.0 Å². The summed E-state index contributed by atoms with van der Waals surface area (Å²) >= 11 is 0. The smallest absolute Gasteiger partial charge is 0.331 e. The number of nitrogens with one attached hydrogen (secondary N) is 1. The molecule has 0 spiro atoms. The fourth-order valence-corrected chi connectivity index (χ4v) is 2.15. The van der Waals surface area contributed by atoms with E-state index in [9.17, 15) is 19.7 Å². The van der Waals surface area contributed by atoms with Gasteiger partial charge in [0, 0.05) is 12.1 Å². The molecule has 8 heteroatoms. The maximum atomic E-state index is 12.1. The second-order valence-corrected chi connectivity index (χ2v) is 5.45. The summed E-state index contributed by atoms with van der Waals surface area (Å²) in [6, 6.07) is 12.7. The van der Waals surface area contributed by atoms with Crippen LogP contribution in [-0.4, -0.2) is 30.0 Å². The predicted octanol–water partition coefficient (Wildman–Crippen LogP) is 3.19. The van der Waals surface area contributed by atoms with Gasteiger partial charge >= 0.3 is 5.97 Å². The molecule has 0 saturated carbocycles. The third kappa shape index (κ3) is 5.67. The van der Waals surface area contributed by atoms with Crippen LogP contribution in [0.15, 0.2) is 54.6 Å². The minimum Gasteiger partial charge on any atom is -0.497 e. The van der Waals surface area contributed by atoms with Crippen molar-refractivity contribution in [1.82, 2.24) is 0 Å². The lowest BCUT2D eigenvalue weighted by atomic mass is 10.2. The Kier molecular flexibility index (Phi) is 6.65. The van der Waals surface area contributed by atoms with Gasteiger partial charge < -0.3 is 14.8 Å². The molecule has 0 bridgehead atoms. The van der Waals surface area contributed by atoms with E-state index in [0.717, 1.165) is 5.56 Å². The van der Waals surface area contributed by atoms with E-state index in [4.69, 9.17) is 9.47 Å². The van der Waals surface area contributed by atoms with E-state index in [0.29, 0.717) is 5.75 Å². The van der Waals surface area contributed by atoms with Crippen molar-refractivity contribution in [2.24, 2.45) is 0 Å². The number of carbonyl (C=O) groups is 2. The lowest BCUT2D eigenvalue weighted by molar-refractivity contribution is -0.383. The molecule has 8 nitrogen and oxygen atoms in total. The van der Waals surface area contributed by atoms with E-state index >= 15 is 0 Å². The lowest BCUT2D eigenvalue weighted by Crippen LogP contribution is -2.29. The molecule has 140 valence electrons. The third-order valence-corrected chi connectivity index (χ3v) is 3.53. The highest BCUT2D eigenvalue weighted by molar-refractivity contribution is 5.98. The van der Waals surface area contributed by atoms with Gasteiger partial charge in [0.2, 0.25) is 0 Å². The molecule has 0 fully saturated rings. The molecular formula is C19H18N2O6. The van der Waals surface area contributed by atoms with Gasteiger partial charge in [0.15, 0.2) is 6.10 Å². The van der Waals surface area contributed by atoms with Crippen LogP contribution in [0, 0.1) is 10.1 Å². The topological polar surface area (TPSA) is 108 Å². The van der Waals surface area contributed by atoms with Crippen molar-refractivity contribution < 1.29 is 24.0 Å². The largest absolute Gasteiger partial charge is 0.497 e. The number of anilines is 1. The highest BCUT2D eigenvalue weighted by Gasteiger charge is 2.20. The summed E-state index contributed by atoms with van der Waals surface area (Å²) < 4.78 is 10.1. The molecule has 0 saturated heterocycles. The molecule has 2 aromatic carbocycles. The molecular weight excluding hydrogens is 352 g/mol. The van der Waals surface area contributed by atoms with Crippen molar-refractivity contribution in [2.75, 3.05) is 12.4 Å². The molecule has 0 heterocycles. The van der Waals surface area contributed by atoms with Gasteiger partial charge in [0.1, 0.15) is 11.4 Å². The van der Waals surface area contributed by atoms with Crippen molar-refractivity contribution >= 4 is 29.3 Å². The number of para-hydroxylation sites is 2. The molecule has 0 aliphatic heterocycles. The monoisotopic (exact) mass is 370 g/mol. The number of rotatable bonds is 7. The quantitative estimate of drug-likeness (QED) is 0.347. The Labute approximate surface area is 155 Å². The molecule has 0 aliphatic carbocycles. The Morgan fingerprint density at radius 2 is 1.93 bits per heavy atom. The minimum atomic E-state index is -1.13. The second kappa shape index (κ2) is 9.14. The Balaban J connectivity index is 1.96. The average Bonchev–Trinajstić information content (AvgIpc) is 2.66. The van der Waals surface area contributed by atoms with Crippen molar-refractivity contribution in [1.29, 1.82) is 0 Å². The number of benzene rings is 2. The number of methoxy groups -OCH3 is 1. The standard InChI is InChI=1S/C19H18N2O6/c1-13(19(23)20-16-8-3-4-9-17(16)21(24)25)27-18(22)11-10-14-6-5-7-15(12-14)26-2/h3-13H,1-2H3,(H,20,23)/b11-10+/t13-/m1/s1. The summed E-state index contributed by atoms with van der Waals surface area (Å²) in [5.74, 6) is -0.752. The molecule has 27 heavy (non-hydrogen) atoms. The van der Waals surface area contributed by atoms with E-state index in [1.54, 1.807) is 30.3 Å². The molecule has 1 atom stereocenters. The number of ether oxygens (including phenoxy) is 2. The maximum Gasteiger partial charge on any atom is 0.331 e. The van der Waals surface area contributed by atoms with Crippen LogP contribution >= 0.6 is 0 Å². The van der Waals surface area contributed by atoms with Crippen molar-refractivity contribution in [3.63, 3.8) is 0 Å². The molecule has 0 unspecified atom stereocenters. The summed E-state index contributed by atoms with van der Waals surface area (Å²) in [7, 11) is 1.54. The summed E-state index contributed by atoms with van der Waals surface area (Å²) in [6.45, 7) is 1.38. The number of carbonyl (C=O) groups excluding carboxylic acids is 2. The van der Waals surface area contributed by atoms with Gasteiger partial charge in [-0.05, 0) is 36.8 Å². The summed E-state index contributed by atoms with van der Waals surface area (Å²) in [5, 5.41) is 13.4. The van der Waals surface area contributed by atoms with E-state index in [1.807, 2.05) is 0 Å². The third-order valence-electron chi connectivity index (χ3n) is 3.53. The first-order chi connectivity index (χ1) is 12.9. The number of hydrogen-bond acceptors (Lipinski definition) is 6. The number of nitro groups is 1. The zero-order valence-electron chi connectivity index (χ0n) is 14.7. The van der Waals surface area contributed by atoms with Gasteiger partial charge in [0.25, 0.3) is 11.6 Å². The zero-order valence-corrected chi connectivity index (χ0v) is 14.7. The summed E-state index contributed by atoms with van der Waals surface area (Å²) in [4.78, 5) is 34.4. The Morgan fingerprint density at radius 3 is 2.63 bits per heavy atom. The molecule has 0 radical (unpaired) electrons. The van der Waals surface area contributed by atoms with Gasteiger partial charge in [0.05, 0.1) is 12.0 Å². The zero-order chi connectivity index (χ0) is 19.8. The first-order valence-electron chi connectivity index (χ1n) is 7.97. The SMILES string of the molecule is COc1cccc(/C=C/C(=O)O[C@H](C)C(=O)Nc2ccccc2[N+](=O)[O-])c1. The van der Waals surface area contributed by atoms with Gasteiger partial charge in [-0.2, -0.15) is 0 Å². The van der Waals surface area contributed by atoms with E-state index in [1.165, 1.54) is 44.4 Å². The van der Waals surface area contributed by atoms with Crippen LogP contribution in [0.25, 0.3) is 6.08 Å². The lowest BCUT2D eigenvalue weighted by Gasteiger charge is -2.12. The van der Waals surface area contributed by atoms with Crippen molar-refractivity contribution in [3.8, 4) is 5.75 Å². The fourth-order valence-electron chi connectivity index (χ4n) is 2.15. The average molecular weight is 370 g/mol. The van der Waals surface area contributed by atoms with Crippen LogP contribution in [0.5, 0.6) is 5.75 Å². The predicted molar refractivity (Wildman–Crippen MR) is 99.3 cm³/mol. The van der Waals surface area contributed by atoms with Crippen LogP contribution in [0.3, 0.4) is 0 Å². The van der Waals surface area contributed by atoms with Gasteiger partial charge in [-0.15, -0.1) is 0 Å². The second-order valence-electron chi connectivity index (χ2n) is 5.45. The van der Waals surface area contributed by atoms with Crippen LogP contribution < -0.4 is 10.1 Å². The Bertz CT molecular complexity index is 878. The van der Waals surface area contributed by atoms with Crippen LogP contribution in [0.1, 0.15) is 12.5 Å². The normalized spacial score (nSPS) is 11.6. The Morgan fingerprint density at radius 1 is 1.19 bits per heavy atom. The first kappa shape index (κ1) is 19.6. The number of hydrogen-bond donors (Lipinski definition) is 1. The Hall–Kier alpha value is -3.68. The molecule has 2 aromatic rings. The molecule has 0 aliphatic rings. The number of nitrogens with zero attached hydrogens (tertiary/aromatic N) is 1. The minimum absolute atomic E-state index is 0.0299. The van der Waals surface area contributed by atoms with Crippen LogP contribution in [-0.2, 0) is 14.3 Å². The number of amides is 1. The first-order valence-corrected chi connectivity index (χ1v) is 7.97. The molecule has 1 amide bonds. The van der Waals surface area contributed by atoms with E-state index in [-0.39, 0.29) is 11.4 Å². The van der Waals surface area contributed by atoms with E-state index in [2.05, 4.69) is 5.32 Å². The summed E-state index contributed by atoms with van der Waals surface area (Å²) in [5.41, 5.74) is 0.507. The van der Waals surface area contributed by atoms with Crippen LogP contribution in [0.4, 0.5) is 11.4 Å². The number of nitro benzene ring substituents is 1. The van der Waals surface area contributed by atoms with E-state index < -0.39 is 22.9 Å². The summed E-state index contributed by atoms with van der Waals surface area (Å²) in [6.07, 6.45) is 1.58. The van der Waals surface area contributed by atoms with Gasteiger partial charge in [-0.3, -0.25) is 14.9 Å². The van der Waals surface area contributed by atoms with Crippen molar-refractivity contribution in [3.05, 3.63) is 70.3 Å². The highest BCUT2D eigenvalue weighted by atomic mass is 16.6. The van der Waals surface area contributed by atoms with Crippen LogP contribution in [0.2, 0.25) is 0 Å². The molecule has 1 N–H and O–H groups in total. The van der Waals surface area contributed by atoms with Gasteiger partial charge in [-0.1, -0.05) is 24.3 Å². The van der Waals surface area contributed by atoms with Gasteiger partial charge in [-0.25, -0.2) is 4.79 Å². The fraction of sp³-hybridized carbons (Fsp3) is 0.158.